The monoisotopic (exact) mass is 266 g/mol. The van der Waals surface area contributed by atoms with Gasteiger partial charge in [-0.1, -0.05) is 10.4 Å². The van der Waals surface area contributed by atoms with Crippen LogP contribution in [0.3, 0.4) is 0 Å². The van der Waals surface area contributed by atoms with Gasteiger partial charge in [-0.15, -0.1) is 0 Å². The first kappa shape index (κ1) is 15.7. The molecule has 1 rings (SSSR count). The number of rotatable bonds is 3. The molecule has 0 aromatic carbocycles. The second-order valence-corrected chi connectivity index (χ2v) is 3.62. The number of aromatic nitrogens is 1. The molecule has 0 N–H and O–H groups in total. The Kier molecular flexibility index (Phi) is 8.25. The van der Waals surface area contributed by atoms with E-state index in [9.17, 15) is 0 Å². The summed E-state index contributed by atoms with van der Waals surface area (Å²) in [6.07, 6.45) is 0. The van der Waals surface area contributed by atoms with Crippen LogP contribution in [0.4, 0.5) is 5.82 Å². The number of ether oxygens (including phenoxy) is 1. The summed E-state index contributed by atoms with van der Waals surface area (Å²) in [6, 6.07) is 5.49. The molecule has 0 saturated heterocycles. The first-order chi connectivity index (χ1) is 6.65. The molecular weight excluding hydrogens is 255 g/mol. The van der Waals surface area contributed by atoms with E-state index in [1.54, 1.807) is 18.0 Å². The number of hydrogen-bond acceptors (Lipinski definition) is 4. The van der Waals surface area contributed by atoms with E-state index in [1.165, 1.54) is 0 Å². The molecule has 1 aromatic rings. The first-order valence-corrected chi connectivity index (χ1v) is 5.01. The molecule has 0 unspecified atom stereocenters. The minimum Gasteiger partial charge on any atom is -0.478 e. The van der Waals surface area contributed by atoms with Crippen molar-refractivity contribution < 1.29 is 56.1 Å². The molecule has 15 heavy (non-hydrogen) atoms. The summed E-state index contributed by atoms with van der Waals surface area (Å²) in [7, 11) is 1.79. The molecule has 0 bridgehead atoms. The molecule has 3 nitrogen and oxygen atoms in total. The van der Waals surface area contributed by atoms with Gasteiger partial charge < -0.3 is 34.5 Å². The molecule has 0 aliphatic rings. The van der Waals surface area contributed by atoms with Gasteiger partial charge in [0.15, 0.2) is 0 Å². The van der Waals surface area contributed by atoms with Crippen LogP contribution in [0.2, 0.25) is 0 Å². The fourth-order valence-electron chi connectivity index (χ4n) is 0.913. The Bertz CT molecular complexity index is 336. The van der Waals surface area contributed by atoms with Gasteiger partial charge in [0.05, 0.1) is 6.61 Å². The molecule has 0 amide bonds. The summed E-state index contributed by atoms with van der Waals surface area (Å²) in [6.45, 7) is 2.51. The molecule has 0 saturated carbocycles. The fraction of sp³-hybridized carbons (Fsp3) is 0.333. The largest absolute Gasteiger partial charge is 1.00 e. The van der Waals surface area contributed by atoms with Gasteiger partial charge in [0.1, 0.15) is 5.82 Å². The van der Waals surface area contributed by atoms with E-state index in [2.05, 4.69) is 4.98 Å². The quantitative estimate of drug-likeness (QED) is 0.387. The van der Waals surface area contributed by atoms with E-state index in [1.807, 2.05) is 19.1 Å². The van der Waals surface area contributed by atoms with Crippen molar-refractivity contribution in [3.8, 4) is 5.88 Å². The summed E-state index contributed by atoms with van der Waals surface area (Å²) >= 11 is 9.74. The number of pyridine rings is 1. The average Bonchev–Trinajstić information content (AvgIpc) is 2.17. The molecule has 0 spiro atoms. The van der Waals surface area contributed by atoms with Crippen LogP contribution in [0.5, 0.6) is 5.88 Å². The Balaban J connectivity index is 0.00000196. The standard InChI is InChI=1S/C9H12N2OS2.K/c1-3-12-8-6-4-5-7(10-8)11(2)9(13)14;/h4-6H,3H2,1-2H3,(H,13,14);/q;+1/p-1. The van der Waals surface area contributed by atoms with Gasteiger partial charge in [-0.05, 0) is 13.0 Å². The second kappa shape index (κ2) is 7.89. The zero-order chi connectivity index (χ0) is 10.6. The summed E-state index contributed by atoms with van der Waals surface area (Å²) in [5, 5.41) is 0. The Morgan fingerprint density at radius 2 is 2.27 bits per heavy atom. The van der Waals surface area contributed by atoms with Gasteiger partial charge in [0, 0.05) is 13.1 Å². The van der Waals surface area contributed by atoms with Crippen LogP contribution in [0, 0.1) is 0 Å². The van der Waals surface area contributed by atoms with Crippen LogP contribution in [-0.2, 0) is 12.6 Å². The normalized spacial score (nSPS) is 8.93. The van der Waals surface area contributed by atoms with Gasteiger partial charge >= 0.3 is 51.4 Å². The van der Waals surface area contributed by atoms with E-state index >= 15 is 0 Å². The molecule has 0 fully saturated rings. The number of anilines is 1. The van der Waals surface area contributed by atoms with Gasteiger partial charge in [0.25, 0.3) is 0 Å². The second-order valence-electron chi connectivity index (χ2n) is 2.59. The van der Waals surface area contributed by atoms with Gasteiger partial charge in [0.2, 0.25) is 5.88 Å². The predicted molar refractivity (Wildman–Crippen MR) is 63.8 cm³/mol. The number of thiocarbonyl (C=S) groups is 1. The number of hydrogen-bond donors (Lipinski definition) is 0. The van der Waals surface area contributed by atoms with Crippen LogP contribution >= 0.6 is 12.2 Å². The van der Waals surface area contributed by atoms with Gasteiger partial charge in [-0.3, -0.25) is 0 Å². The Hall–Kier alpha value is 0.696. The molecule has 1 aromatic heterocycles. The van der Waals surface area contributed by atoms with Crippen LogP contribution in [0.1, 0.15) is 6.92 Å². The van der Waals surface area contributed by atoms with E-state index in [-0.39, 0.29) is 51.4 Å². The summed E-state index contributed by atoms with van der Waals surface area (Å²) in [5.74, 6) is 1.29. The Labute approximate surface area is 143 Å². The van der Waals surface area contributed by atoms with Gasteiger partial charge in [-0.2, -0.15) is 4.98 Å². The van der Waals surface area contributed by atoms with Crippen molar-refractivity contribution in [1.82, 2.24) is 4.98 Å². The smallest absolute Gasteiger partial charge is 0.478 e. The van der Waals surface area contributed by atoms with E-state index in [0.717, 1.165) is 0 Å². The molecular formula is C9H11KN2OS2. The topological polar surface area (TPSA) is 25.4 Å². The summed E-state index contributed by atoms with van der Waals surface area (Å²) < 4.78 is 5.63. The maximum atomic E-state index is 5.26. The third-order valence-corrected chi connectivity index (χ3v) is 2.17. The van der Waals surface area contributed by atoms with Crippen molar-refractivity contribution in [2.45, 2.75) is 6.92 Å². The summed E-state index contributed by atoms with van der Waals surface area (Å²) in [4.78, 5) is 5.89. The van der Waals surface area contributed by atoms with Crippen LogP contribution in [0.15, 0.2) is 18.2 Å². The van der Waals surface area contributed by atoms with Crippen LogP contribution in [0.25, 0.3) is 0 Å². The van der Waals surface area contributed by atoms with Crippen molar-refractivity contribution in [2.24, 2.45) is 0 Å². The van der Waals surface area contributed by atoms with Gasteiger partial charge in [-0.25, -0.2) is 0 Å². The minimum atomic E-state index is 0. The van der Waals surface area contributed by atoms with E-state index < -0.39 is 0 Å². The Morgan fingerprint density at radius 3 is 2.80 bits per heavy atom. The molecule has 0 aliphatic carbocycles. The van der Waals surface area contributed by atoms with E-state index in [4.69, 9.17) is 29.6 Å². The Morgan fingerprint density at radius 1 is 1.60 bits per heavy atom. The predicted octanol–water partition coefficient (Wildman–Crippen LogP) is -1.25. The fourth-order valence-corrected chi connectivity index (χ4v) is 1.10. The molecule has 6 heteroatoms. The van der Waals surface area contributed by atoms with E-state index in [0.29, 0.717) is 22.6 Å². The SMILES string of the molecule is CCOc1cccc(N(C)C(=S)[S-])n1.[K+]. The maximum absolute atomic E-state index is 5.26. The zero-order valence-electron chi connectivity index (χ0n) is 9.06. The molecule has 0 radical (unpaired) electrons. The molecule has 0 aliphatic heterocycles. The van der Waals surface area contributed by atoms with Crippen molar-refractivity contribution >= 4 is 35.0 Å². The van der Waals surface area contributed by atoms with Crippen molar-refractivity contribution in [3.05, 3.63) is 18.2 Å². The molecule has 1 heterocycles. The maximum Gasteiger partial charge on any atom is 1.00 e. The third-order valence-electron chi connectivity index (χ3n) is 1.62. The molecule has 0 atom stereocenters. The van der Waals surface area contributed by atoms with Crippen molar-refractivity contribution in [1.29, 1.82) is 0 Å². The number of nitrogens with zero attached hydrogens (tertiary/aromatic N) is 2. The first-order valence-electron chi connectivity index (χ1n) is 4.19. The van der Waals surface area contributed by atoms with Crippen LogP contribution < -0.4 is 61.0 Å². The van der Waals surface area contributed by atoms with Crippen molar-refractivity contribution in [2.75, 3.05) is 18.6 Å². The molecule has 76 valence electrons. The average molecular weight is 266 g/mol. The van der Waals surface area contributed by atoms with Crippen LogP contribution in [-0.4, -0.2) is 23.0 Å². The summed E-state index contributed by atoms with van der Waals surface area (Å²) in [5.41, 5.74) is 0. The van der Waals surface area contributed by atoms with Crippen molar-refractivity contribution in [3.63, 3.8) is 0 Å². The zero-order valence-corrected chi connectivity index (χ0v) is 13.8. The third kappa shape index (κ3) is 5.03. The minimum absolute atomic E-state index is 0.